The molecule has 0 spiro atoms. The topological polar surface area (TPSA) is 21.3 Å². The van der Waals surface area contributed by atoms with E-state index in [0.29, 0.717) is 16.1 Å². The summed E-state index contributed by atoms with van der Waals surface area (Å²) in [7, 11) is 0. The van der Waals surface area contributed by atoms with Gasteiger partial charge >= 0.3 is 0 Å². The summed E-state index contributed by atoms with van der Waals surface area (Å²) in [5, 5.41) is 4.68. The average molecular weight is 246 g/mol. The molecule has 1 fully saturated rings. The van der Waals surface area contributed by atoms with E-state index in [-0.39, 0.29) is 6.10 Å². The summed E-state index contributed by atoms with van der Waals surface area (Å²) >= 11 is 11.8. The summed E-state index contributed by atoms with van der Waals surface area (Å²) < 4.78 is 5.47. The third-order valence-corrected chi connectivity index (χ3v) is 3.03. The molecule has 82 valence electrons. The van der Waals surface area contributed by atoms with Crippen LogP contribution in [0.3, 0.4) is 0 Å². The van der Waals surface area contributed by atoms with Crippen LogP contribution < -0.4 is 5.32 Å². The molecule has 0 aliphatic carbocycles. The van der Waals surface area contributed by atoms with Crippen LogP contribution in [0.15, 0.2) is 18.2 Å². The van der Waals surface area contributed by atoms with Crippen LogP contribution in [0.25, 0.3) is 0 Å². The Morgan fingerprint density at radius 2 is 1.93 bits per heavy atom. The van der Waals surface area contributed by atoms with E-state index in [1.807, 2.05) is 12.1 Å². The van der Waals surface area contributed by atoms with Crippen molar-refractivity contribution in [2.24, 2.45) is 0 Å². The highest BCUT2D eigenvalue weighted by atomic mass is 35.5. The van der Waals surface area contributed by atoms with Crippen LogP contribution in [0.2, 0.25) is 10.0 Å². The molecule has 1 aliphatic rings. The van der Waals surface area contributed by atoms with Crippen molar-refractivity contribution in [2.45, 2.75) is 25.5 Å². The number of ether oxygens (including phenoxy) is 1. The van der Waals surface area contributed by atoms with Gasteiger partial charge < -0.3 is 10.1 Å². The molecule has 1 N–H and O–H groups in total. The Balaban J connectivity index is 2.10. The van der Waals surface area contributed by atoms with Crippen molar-refractivity contribution in [3.63, 3.8) is 0 Å². The number of halogens is 2. The molecule has 1 aromatic rings. The second-order valence-electron chi connectivity index (χ2n) is 3.77. The monoisotopic (exact) mass is 245 g/mol. The number of anilines is 1. The number of benzene rings is 1. The minimum Gasteiger partial charge on any atom is -0.380 e. The lowest BCUT2D eigenvalue weighted by Crippen LogP contribution is -2.26. The van der Waals surface area contributed by atoms with Crippen LogP contribution in [0.4, 0.5) is 5.69 Å². The zero-order valence-corrected chi connectivity index (χ0v) is 9.98. The molecule has 0 aromatic heterocycles. The van der Waals surface area contributed by atoms with Crippen molar-refractivity contribution in [1.82, 2.24) is 0 Å². The number of nitrogens with one attached hydrogen (secondary N) is 1. The predicted molar refractivity (Wildman–Crippen MR) is 63.9 cm³/mol. The molecule has 1 aliphatic heterocycles. The zero-order chi connectivity index (χ0) is 10.8. The lowest BCUT2D eigenvalue weighted by Gasteiger charge is -2.17. The molecule has 2 nitrogen and oxygen atoms in total. The van der Waals surface area contributed by atoms with E-state index in [4.69, 9.17) is 27.9 Å². The third kappa shape index (κ3) is 2.77. The zero-order valence-electron chi connectivity index (χ0n) is 8.47. The fourth-order valence-electron chi connectivity index (χ4n) is 1.77. The van der Waals surface area contributed by atoms with Crippen molar-refractivity contribution in [1.29, 1.82) is 0 Å². The van der Waals surface area contributed by atoms with Crippen molar-refractivity contribution in [2.75, 3.05) is 11.9 Å². The van der Waals surface area contributed by atoms with Crippen molar-refractivity contribution in [3.8, 4) is 0 Å². The summed E-state index contributed by atoms with van der Waals surface area (Å²) in [6, 6.07) is 5.82. The van der Waals surface area contributed by atoms with Gasteiger partial charge in [0.1, 0.15) is 0 Å². The molecule has 2 atom stereocenters. The summed E-state index contributed by atoms with van der Waals surface area (Å²) in [6.07, 6.45) is 1.26. The fraction of sp³-hybridized carbons (Fsp3) is 0.455. The maximum atomic E-state index is 5.92. The summed E-state index contributed by atoms with van der Waals surface area (Å²) in [6.45, 7) is 2.88. The molecule has 15 heavy (non-hydrogen) atoms. The smallest absolute Gasteiger partial charge is 0.0748 e. The highest BCUT2D eigenvalue weighted by Crippen LogP contribution is 2.25. The first-order valence-electron chi connectivity index (χ1n) is 4.99. The first-order valence-corrected chi connectivity index (χ1v) is 5.75. The van der Waals surface area contributed by atoms with Gasteiger partial charge in [-0.05, 0) is 31.5 Å². The SMILES string of the molecule is C[C@@H]1OCC[C@H]1Nc1cc(Cl)cc(Cl)c1. The Labute approximate surface area is 99.5 Å². The van der Waals surface area contributed by atoms with Crippen LogP contribution >= 0.6 is 23.2 Å². The van der Waals surface area contributed by atoms with Gasteiger partial charge in [0.2, 0.25) is 0 Å². The molecule has 0 bridgehead atoms. The van der Waals surface area contributed by atoms with E-state index < -0.39 is 0 Å². The van der Waals surface area contributed by atoms with Crippen LogP contribution in [0.1, 0.15) is 13.3 Å². The van der Waals surface area contributed by atoms with E-state index >= 15 is 0 Å². The van der Waals surface area contributed by atoms with Gasteiger partial charge in [0.25, 0.3) is 0 Å². The highest BCUT2D eigenvalue weighted by Gasteiger charge is 2.23. The van der Waals surface area contributed by atoms with Crippen LogP contribution in [-0.2, 0) is 4.74 Å². The van der Waals surface area contributed by atoms with Crippen molar-refractivity contribution in [3.05, 3.63) is 28.2 Å². The van der Waals surface area contributed by atoms with Crippen molar-refractivity contribution < 1.29 is 4.74 Å². The van der Waals surface area contributed by atoms with E-state index in [2.05, 4.69) is 12.2 Å². The molecule has 1 aromatic carbocycles. The lowest BCUT2D eigenvalue weighted by atomic mass is 10.1. The maximum Gasteiger partial charge on any atom is 0.0748 e. The summed E-state index contributed by atoms with van der Waals surface area (Å²) in [4.78, 5) is 0. The van der Waals surface area contributed by atoms with E-state index in [1.165, 1.54) is 0 Å². The molecule has 4 heteroatoms. The molecule has 0 saturated carbocycles. The molecule has 2 rings (SSSR count). The quantitative estimate of drug-likeness (QED) is 0.861. The maximum absolute atomic E-state index is 5.92. The second-order valence-corrected chi connectivity index (χ2v) is 4.65. The van der Waals surface area contributed by atoms with E-state index in [1.54, 1.807) is 6.07 Å². The standard InChI is InChI=1S/C11H13Cl2NO/c1-7-11(2-3-15-7)14-10-5-8(12)4-9(13)6-10/h4-7,11,14H,2-3H2,1H3/t7-,11+/m0/s1. The molecule has 1 saturated heterocycles. The Morgan fingerprint density at radius 1 is 1.27 bits per heavy atom. The minimum absolute atomic E-state index is 0.239. The highest BCUT2D eigenvalue weighted by molar-refractivity contribution is 6.35. The molecule has 0 unspecified atom stereocenters. The molecule has 0 amide bonds. The van der Waals surface area contributed by atoms with Gasteiger partial charge in [0, 0.05) is 22.3 Å². The minimum atomic E-state index is 0.239. The second kappa shape index (κ2) is 4.60. The predicted octanol–water partition coefficient (Wildman–Crippen LogP) is 3.58. The molecular weight excluding hydrogens is 233 g/mol. The van der Waals surface area contributed by atoms with Crippen LogP contribution in [-0.4, -0.2) is 18.8 Å². The Hall–Kier alpha value is -0.440. The van der Waals surface area contributed by atoms with Gasteiger partial charge in [-0.25, -0.2) is 0 Å². The van der Waals surface area contributed by atoms with Gasteiger partial charge in [0.15, 0.2) is 0 Å². The van der Waals surface area contributed by atoms with Gasteiger partial charge in [0.05, 0.1) is 12.1 Å². The summed E-state index contributed by atoms with van der Waals surface area (Å²) in [5.74, 6) is 0. The fourth-order valence-corrected chi connectivity index (χ4v) is 2.30. The first-order chi connectivity index (χ1) is 7.15. The van der Waals surface area contributed by atoms with Gasteiger partial charge in [-0.1, -0.05) is 23.2 Å². The molecule has 0 radical (unpaired) electrons. The van der Waals surface area contributed by atoms with E-state index in [0.717, 1.165) is 18.7 Å². The normalized spacial score (nSPS) is 25.5. The Kier molecular flexibility index (Phi) is 3.39. The van der Waals surface area contributed by atoms with Gasteiger partial charge in [-0.2, -0.15) is 0 Å². The molecule has 1 heterocycles. The Bertz CT molecular complexity index is 336. The molecular formula is C11H13Cl2NO. The third-order valence-electron chi connectivity index (χ3n) is 2.59. The lowest BCUT2D eigenvalue weighted by molar-refractivity contribution is 0.121. The Morgan fingerprint density at radius 3 is 2.47 bits per heavy atom. The van der Waals surface area contributed by atoms with Gasteiger partial charge in [-0.3, -0.25) is 0 Å². The summed E-state index contributed by atoms with van der Waals surface area (Å²) in [5.41, 5.74) is 0.954. The van der Waals surface area contributed by atoms with Crippen LogP contribution in [0, 0.1) is 0 Å². The van der Waals surface area contributed by atoms with Crippen LogP contribution in [0.5, 0.6) is 0 Å². The average Bonchev–Trinajstić information content (AvgIpc) is 2.50. The first kappa shape index (κ1) is 11.1. The van der Waals surface area contributed by atoms with Gasteiger partial charge in [-0.15, -0.1) is 0 Å². The number of hydrogen-bond donors (Lipinski definition) is 1. The van der Waals surface area contributed by atoms with E-state index in [9.17, 15) is 0 Å². The largest absolute Gasteiger partial charge is 0.380 e. The van der Waals surface area contributed by atoms with Crippen molar-refractivity contribution >= 4 is 28.9 Å². The number of rotatable bonds is 2. The number of hydrogen-bond acceptors (Lipinski definition) is 2.